The number of rotatable bonds is 4. The number of nitrogens with zero attached hydrogens (tertiary/aromatic N) is 2. The van der Waals surface area contributed by atoms with Crippen LogP contribution in [0.4, 0.5) is 13.2 Å². The number of hydrogen-bond donors (Lipinski definition) is 1. The van der Waals surface area contributed by atoms with Crippen LogP contribution >= 0.6 is 0 Å². The zero-order valence-corrected chi connectivity index (χ0v) is 14.0. The third-order valence-corrected chi connectivity index (χ3v) is 4.72. The number of carboxylic acid groups (broad SMARTS) is 1. The first-order valence-electron chi connectivity index (χ1n) is 8.44. The summed E-state index contributed by atoms with van der Waals surface area (Å²) < 4.78 is 40.8. The lowest BCUT2D eigenvalue weighted by Crippen LogP contribution is -2.47. The summed E-state index contributed by atoms with van der Waals surface area (Å²) in [5.41, 5.74) is -0.137. The molecule has 0 radical (unpaired) electrons. The van der Waals surface area contributed by atoms with E-state index in [-0.39, 0.29) is 5.56 Å². The van der Waals surface area contributed by atoms with Crippen molar-refractivity contribution in [2.24, 2.45) is 0 Å². The van der Waals surface area contributed by atoms with Gasteiger partial charge in [0.15, 0.2) is 0 Å². The average Bonchev–Trinajstić information content (AvgIpc) is 2.63. The maximum absolute atomic E-state index is 13.6. The minimum atomic E-state index is -4.52. The lowest BCUT2D eigenvalue weighted by molar-refractivity contribution is -0.145. The molecule has 2 unspecified atom stereocenters. The first-order chi connectivity index (χ1) is 12.4. The fourth-order valence-electron chi connectivity index (χ4n) is 3.61. The van der Waals surface area contributed by atoms with Gasteiger partial charge in [-0.05, 0) is 42.6 Å². The molecule has 1 fully saturated rings. The molecule has 4 nitrogen and oxygen atoms in total. The van der Waals surface area contributed by atoms with Crippen molar-refractivity contribution in [3.8, 4) is 0 Å². The molecule has 0 bridgehead atoms. The van der Waals surface area contributed by atoms with Crippen molar-refractivity contribution in [1.29, 1.82) is 0 Å². The van der Waals surface area contributed by atoms with Gasteiger partial charge in [-0.2, -0.15) is 13.2 Å². The molecule has 3 rings (SSSR count). The van der Waals surface area contributed by atoms with Crippen LogP contribution in [0.15, 0.2) is 48.8 Å². The van der Waals surface area contributed by atoms with Crippen LogP contribution in [0.5, 0.6) is 0 Å². The number of carboxylic acids is 1. The second kappa shape index (κ2) is 7.45. The van der Waals surface area contributed by atoms with Crippen molar-refractivity contribution in [2.45, 2.75) is 37.5 Å². The summed E-state index contributed by atoms with van der Waals surface area (Å²) >= 11 is 0. The Balaban J connectivity index is 2.16. The van der Waals surface area contributed by atoms with Gasteiger partial charge >= 0.3 is 12.1 Å². The van der Waals surface area contributed by atoms with Crippen molar-refractivity contribution in [2.75, 3.05) is 6.54 Å². The molecule has 7 heteroatoms. The SMILES string of the molecule is O=C(O)C1CCCCN1C(c1cccnc1)c1ccccc1C(F)(F)F. The Kier molecular flexibility index (Phi) is 5.27. The van der Waals surface area contributed by atoms with Crippen molar-refractivity contribution in [1.82, 2.24) is 9.88 Å². The first kappa shape index (κ1) is 18.4. The monoisotopic (exact) mass is 364 g/mol. The van der Waals surface area contributed by atoms with Crippen LogP contribution in [0.2, 0.25) is 0 Å². The predicted molar refractivity (Wildman–Crippen MR) is 89.5 cm³/mol. The van der Waals surface area contributed by atoms with E-state index in [4.69, 9.17) is 0 Å². The minimum Gasteiger partial charge on any atom is -0.480 e. The predicted octanol–water partition coefficient (Wildman–Crippen LogP) is 4.13. The highest BCUT2D eigenvalue weighted by atomic mass is 19.4. The van der Waals surface area contributed by atoms with Crippen LogP contribution in [0.1, 0.15) is 42.0 Å². The van der Waals surface area contributed by atoms with Gasteiger partial charge in [-0.25, -0.2) is 0 Å². The number of alkyl halides is 3. The van der Waals surface area contributed by atoms with Crippen LogP contribution in [-0.4, -0.2) is 33.5 Å². The molecule has 26 heavy (non-hydrogen) atoms. The molecule has 1 saturated heterocycles. The van der Waals surface area contributed by atoms with E-state index in [0.717, 1.165) is 18.9 Å². The fraction of sp³-hybridized carbons (Fsp3) is 0.368. The summed E-state index contributed by atoms with van der Waals surface area (Å²) in [6, 6.07) is 7.06. The van der Waals surface area contributed by atoms with Crippen molar-refractivity contribution >= 4 is 5.97 Å². The lowest BCUT2D eigenvalue weighted by atomic mass is 9.89. The standard InChI is InChI=1S/C19H19F3N2O2/c20-19(21,22)15-8-2-1-7-14(15)17(13-6-5-10-23-12-13)24-11-4-3-9-16(24)18(25)26/h1-2,5-8,10,12,16-17H,3-4,9,11H2,(H,25,26). The van der Waals surface area contributed by atoms with Gasteiger partial charge in [-0.1, -0.05) is 30.7 Å². The van der Waals surface area contributed by atoms with E-state index >= 15 is 0 Å². The third kappa shape index (κ3) is 3.72. The summed E-state index contributed by atoms with van der Waals surface area (Å²) in [5, 5.41) is 9.60. The van der Waals surface area contributed by atoms with Gasteiger partial charge in [-0.15, -0.1) is 0 Å². The quantitative estimate of drug-likeness (QED) is 0.886. The molecule has 2 aromatic rings. The Morgan fingerprint density at radius 2 is 1.96 bits per heavy atom. The van der Waals surface area contributed by atoms with Gasteiger partial charge in [0, 0.05) is 12.4 Å². The van der Waals surface area contributed by atoms with Crippen LogP contribution in [0.25, 0.3) is 0 Å². The largest absolute Gasteiger partial charge is 0.480 e. The van der Waals surface area contributed by atoms with Crippen molar-refractivity contribution in [3.05, 3.63) is 65.5 Å². The molecule has 1 aromatic carbocycles. The molecule has 138 valence electrons. The van der Waals surface area contributed by atoms with Crippen LogP contribution < -0.4 is 0 Å². The molecule has 1 N–H and O–H groups in total. The van der Waals surface area contributed by atoms with Crippen LogP contribution in [0, 0.1) is 0 Å². The number of aromatic nitrogens is 1. The molecular weight excluding hydrogens is 345 g/mol. The Morgan fingerprint density at radius 1 is 1.19 bits per heavy atom. The van der Waals surface area contributed by atoms with Gasteiger partial charge in [0.05, 0.1) is 11.6 Å². The maximum atomic E-state index is 13.6. The Labute approximate surface area is 149 Å². The van der Waals surface area contributed by atoms with E-state index in [1.165, 1.54) is 18.3 Å². The molecule has 2 heterocycles. The molecule has 0 spiro atoms. The summed E-state index contributed by atoms with van der Waals surface area (Å²) in [4.78, 5) is 17.4. The summed E-state index contributed by atoms with van der Waals surface area (Å²) in [6.45, 7) is 0.419. The van der Waals surface area contributed by atoms with Gasteiger partial charge in [0.1, 0.15) is 6.04 Å². The van der Waals surface area contributed by atoms with Crippen molar-refractivity contribution in [3.63, 3.8) is 0 Å². The molecule has 1 aromatic heterocycles. The number of pyridine rings is 1. The Hall–Kier alpha value is -2.41. The van der Waals surface area contributed by atoms with E-state index in [1.807, 2.05) is 0 Å². The molecular formula is C19H19F3N2O2. The molecule has 2 atom stereocenters. The second-order valence-corrected chi connectivity index (χ2v) is 6.36. The highest BCUT2D eigenvalue weighted by Crippen LogP contribution is 2.40. The number of benzene rings is 1. The zero-order valence-electron chi connectivity index (χ0n) is 14.0. The smallest absolute Gasteiger partial charge is 0.416 e. The summed E-state index contributed by atoms with van der Waals surface area (Å²) in [5.74, 6) is -1.01. The molecule has 1 aliphatic rings. The minimum absolute atomic E-state index is 0.0566. The highest BCUT2D eigenvalue weighted by Gasteiger charge is 2.40. The molecule has 0 saturated carbocycles. The maximum Gasteiger partial charge on any atom is 0.416 e. The van der Waals surface area contributed by atoms with Gasteiger partial charge in [0.25, 0.3) is 0 Å². The van der Waals surface area contributed by atoms with Crippen LogP contribution in [0.3, 0.4) is 0 Å². The fourth-order valence-corrected chi connectivity index (χ4v) is 3.61. The van der Waals surface area contributed by atoms with Gasteiger partial charge in [-0.3, -0.25) is 14.7 Å². The van der Waals surface area contributed by atoms with Gasteiger partial charge < -0.3 is 5.11 Å². The zero-order chi connectivity index (χ0) is 18.7. The van der Waals surface area contributed by atoms with Gasteiger partial charge in [0.2, 0.25) is 0 Å². The van der Waals surface area contributed by atoms with Crippen LogP contribution in [-0.2, 0) is 11.0 Å². The van der Waals surface area contributed by atoms with E-state index in [2.05, 4.69) is 4.98 Å². The molecule has 0 aliphatic carbocycles. The Bertz CT molecular complexity index is 765. The number of aliphatic carboxylic acids is 1. The number of halogens is 3. The number of hydrogen-bond acceptors (Lipinski definition) is 3. The normalized spacial score (nSPS) is 19.9. The van der Waals surface area contributed by atoms with E-state index < -0.39 is 29.8 Å². The highest BCUT2D eigenvalue weighted by molar-refractivity contribution is 5.73. The molecule has 1 aliphatic heterocycles. The number of carbonyl (C=O) groups is 1. The van der Waals surface area contributed by atoms with E-state index in [9.17, 15) is 23.1 Å². The van der Waals surface area contributed by atoms with E-state index in [1.54, 1.807) is 29.3 Å². The topological polar surface area (TPSA) is 53.4 Å². The Morgan fingerprint density at radius 3 is 2.62 bits per heavy atom. The summed E-state index contributed by atoms with van der Waals surface area (Å²) in [6.07, 6.45) is 0.432. The van der Waals surface area contributed by atoms with Crippen molar-refractivity contribution < 1.29 is 23.1 Å². The summed E-state index contributed by atoms with van der Waals surface area (Å²) in [7, 11) is 0. The average molecular weight is 364 g/mol. The third-order valence-electron chi connectivity index (χ3n) is 4.72. The number of piperidine rings is 1. The second-order valence-electron chi connectivity index (χ2n) is 6.36. The van der Waals surface area contributed by atoms with E-state index in [0.29, 0.717) is 18.5 Å². The molecule has 0 amide bonds. The number of likely N-dealkylation sites (tertiary alicyclic amines) is 1. The first-order valence-corrected chi connectivity index (χ1v) is 8.44. The lowest BCUT2D eigenvalue weighted by Gasteiger charge is -2.40.